The molecule has 2 aliphatic rings. The van der Waals surface area contributed by atoms with Crippen LogP contribution in [0.2, 0.25) is 0 Å². The van der Waals surface area contributed by atoms with Crippen molar-refractivity contribution in [2.75, 3.05) is 25.5 Å². The van der Waals surface area contributed by atoms with Crippen LogP contribution in [0.5, 0.6) is 0 Å². The van der Waals surface area contributed by atoms with Gasteiger partial charge in [-0.15, -0.1) is 0 Å². The molecule has 0 aromatic carbocycles. The molecule has 34 heavy (non-hydrogen) atoms. The number of nitrogens with zero attached hydrogens (tertiary/aromatic N) is 6. The van der Waals surface area contributed by atoms with E-state index < -0.39 is 0 Å². The van der Waals surface area contributed by atoms with Crippen molar-refractivity contribution >= 4 is 51.4 Å². The van der Waals surface area contributed by atoms with Gasteiger partial charge in [0.15, 0.2) is 0 Å². The molecule has 0 amide bonds. The van der Waals surface area contributed by atoms with Crippen molar-refractivity contribution in [1.29, 1.82) is 0 Å². The molecule has 4 heterocycles. The number of hydrogen-bond donors (Lipinski definition) is 1. The lowest BCUT2D eigenvalue weighted by atomic mass is 10.1. The standard InChI is InChI=1S/C24H27Cl2N7O/c1-3-15-13-32(22-19(25)5-4-6-20(22)26)23(34)18-12-27-24(30-21(15)18)29-16-11-28-33(14-16)17-7-9-31(2)10-8-17/h5,11-14,17H,3-4,6-10H2,1-2H3,(H,27,29,30). The van der Waals surface area contributed by atoms with E-state index >= 15 is 0 Å². The van der Waals surface area contributed by atoms with Gasteiger partial charge in [-0.25, -0.2) is 9.97 Å². The van der Waals surface area contributed by atoms with Crippen LogP contribution in [0.1, 0.15) is 44.2 Å². The van der Waals surface area contributed by atoms with E-state index in [0.717, 1.165) is 43.6 Å². The fourth-order valence-corrected chi connectivity index (χ4v) is 5.25. The molecule has 8 nitrogen and oxygen atoms in total. The second kappa shape index (κ2) is 9.52. The van der Waals surface area contributed by atoms with Crippen molar-refractivity contribution in [3.63, 3.8) is 0 Å². The summed E-state index contributed by atoms with van der Waals surface area (Å²) in [5.74, 6) is 0.426. The Morgan fingerprint density at radius 2 is 1.97 bits per heavy atom. The fourth-order valence-electron chi connectivity index (χ4n) is 4.58. The molecule has 1 fully saturated rings. The van der Waals surface area contributed by atoms with Gasteiger partial charge in [-0.1, -0.05) is 36.2 Å². The predicted octanol–water partition coefficient (Wildman–Crippen LogP) is 4.88. The first-order chi connectivity index (χ1) is 16.4. The van der Waals surface area contributed by atoms with Crippen molar-refractivity contribution in [2.45, 2.75) is 45.1 Å². The minimum atomic E-state index is -0.240. The molecule has 1 aliphatic carbocycles. The number of allylic oxidation sites excluding steroid dienone is 4. The van der Waals surface area contributed by atoms with Gasteiger partial charge < -0.3 is 10.2 Å². The molecule has 5 rings (SSSR count). The van der Waals surface area contributed by atoms with E-state index in [0.29, 0.717) is 51.5 Å². The first-order valence-corrected chi connectivity index (χ1v) is 12.4. The predicted molar refractivity (Wildman–Crippen MR) is 137 cm³/mol. The third-order valence-electron chi connectivity index (χ3n) is 6.54. The molecular formula is C24H27Cl2N7O. The maximum atomic E-state index is 13.3. The number of halogens is 2. The molecule has 178 valence electrons. The normalized spacial score (nSPS) is 17.9. The Balaban J connectivity index is 1.46. The van der Waals surface area contributed by atoms with E-state index in [1.165, 1.54) is 4.57 Å². The third kappa shape index (κ3) is 4.37. The topological polar surface area (TPSA) is 80.9 Å². The number of fused-ring (bicyclic) bond motifs is 1. The van der Waals surface area contributed by atoms with Crippen LogP contribution in [0.25, 0.3) is 16.6 Å². The van der Waals surface area contributed by atoms with Crippen molar-refractivity contribution < 1.29 is 0 Å². The Morgan fingerprint density at radius 3 is 2.71 bits per heavy atom. The fraction of sp³-hybridized carbons (Fsp3) is 0.417. The van der Waals surface area contributed by atoms with Crippen LogP contribution >= 0.6 is 23.2 Å². The monoisotopic (exact) mass is 499 g/mol. The second-order valence-corrected chi connectivity index (χ2v) is 9.72. The van der Waals surface area contributed by atoms with Gasteiger partial charge in [0.05, 0.1) is 39.6 Å². The molecule has 0 unspecified atom stereocenters. The van der Waals surface area contributed by atoms with E-state index in [4.69, 9.17) is 23.2 Å². The zero-order valence-electron chi connectivity index (χ0n) is 19.3. The number of aromatic nitrogens is 5. The molecule has 0 saturated carbocycles. The zero-order chi connectivity index (χ0) is 23.8. The SMILES string of the molecule is CCc1cn(C2=C(Cl)CCC=C2Cl)c(=O)c2cnc(Nc3cnn(C4CCN(C)CC4)c3)nc12. The maximum absolute atomic E-state index is 13.3. The molecule has 0 atom stereocenters. The summed E-state index contributed by atoms with van der Waals surface area (Å²) >= 11 is 12.9. The zero-order valence-corrected chi connectivity index (χ0v) is 20.8. The van der Waals surface area contributed by atoms with Crippen molar-refractivity contribution in [2.24, 2.45) is 0 Å². The molecule has 0 bridgehead atoms. The number of aryl methyl sites for hydroxylation is 1. The number of hydrogen-bond acceptors (Lipinski definition) is 6. The quantitative estimate of drug-likeness (QED) is 0.538. The minimum Gasteiger partial charge on any atom is -0.321 e. The maximum Gasteiger partial charge on any atom is 0.266 e. The second-order valence-electron chi connectivity index (χ2n) is 8.85. The Bertz CT molecular complexity index is 1350. The summed E-state index contributed by atoms with van der Waals surface area (Å²) in [4.78, 5) is 24.8. The van der Waals surface area contributed by atoms with Crippen LogP contribution in [0.4, 0.5) is 11.6 Å². The van der Waals surface area contributed by atoms with Crippen molar-refractivity contribution in [3.05, 3.63) is 56.8 Å². The number of likely N-dealkylation sites (tertiary alicyclic amines) is 1. The van der Waals surface area contributed by atoms with Crippen molar-refractivity contribution in [3.8, 4) is 0 Å². The molecule has 0 radical (unpaired) electrons. The van der Waals surface area contributed by atoms with Gasteiger partial charge in [-0.2, -0.15) is 5.10 Å². The van der Waals surface area contributed by atoms with Crippen LogP contribution in [-0.2, 0) is 6.42 Å². The summed E-state index contributed by atoms with van der Waals surface area (Å²) in [7, 11) is 2.15. The van der Waals surface area contributed by atoms with Crippen LogP contribution < -0.4 is 10.9 Å². The van der Waals surface area contributed by atoms with E-state index in [2.05, 4.69) is 32.3 Å². The van der Waals surface area contributed by atoms with Gasteiger partial charge in [0.1, 0.15) is 0 Å². The molecule has 3 aromatic heterocycles. The highest BCUT2D eigenvalue weighted by Crippen LogP contribution is 2.33. The van der Waals surface area contributed by atoms with E-state index in [9.17, 15) is 4.79 Å². The highest BCUT2D eigenvalue weighted by molar-refractivity contribution is 6.41. The van der Waals surface area contributed by atoms with E-state index in [-0.39, 0.29) is 5.56 Å². The number of anilines is 2. The average Bonchev–Trinajstić information content (AvgIpc) is 3.29. The number of rotatable bonds is 5. The lowest BCUT2D eigenvalue weighted by molar-refractivity contribution is 0.212. The summed E-state index contributed by atoms with van der Waals surface area (Å²) in [6.45, 7) is 4.17. The molecule has 10 heteroatoms. The lowest BCUT2D eigenvalue weighted by Gasteiger charge is -2.28. The number of piperidine rings is 1. The van der Waals surface area contributed by atoms with Gasteiger partial charge in [0, 0.05) is 23.6 Å². The smallest absolute Gasteiger partial charge is 0.266 e. The lowest BCUT2D eigenvalue weighted by Crippen LogP contribution is -2.31. The third-order valence-corrected chi connectivity index (χ3v) is 7.24. The minimum absolute atomic E-state index is 0.240. The highest BCUT2D eigenvalue weighted by Gasteiger charge is 2.21. The Kier molecular flexibility index (Phi) is 6.46. The first-order valence-electron chi connectivity index (χ1n) is 11.6. The number of nitrogens with one attached hydrogen (secondary N) is 1. The Labute approximate surface area is 207 Å². The Hall–Kier alpha value is -2.68. The van der Waals surface area contributed by atoms with Gasteiger partial charge >= 0.3 is 0 Å². The van der Waals surface area contributed by atoms with Crippen LogP contribution in [0, 0.1) is 0 Å². The van der Waals surface area contributed by atoms with Crippen LogP contribution in [0.15, 0.2) is 45.7 Å². The molecule has 1 N–H and O–H groups in total. The van der Waals surface area contributed by atoms with Gasteiger partial charge in [-0.3, -0.25) is 14.0 Å². The largest absolute Gasteiger partial charge is 0.321 e. The summed E-state index contributed by atoms with van der Waals surface area (Å²) in [6, 6.07) is 0.399. The van der Waals surface area contributed by atoms with Crippen molar-refractivity contribution in [1.82, 2.24) is 29.2 Å². The molecular weight excluding hydrogens is 473 g/mol. The summed E-state index contributed by atoms with van der Waals surface area (Å²) in [6.07, 6.45) is 13.3. The van der Waals surface area contributed by atoms with Gasteiger partial charge in [0.2, 0.25) is 5.95 Å². The molecule has 1 aliphatic heterocycles. The average molecular weight is 500 g/mol. The van der Waals surface area contributed by atoms with Gasteiger partial charge in [0.25, 0.3) is 5.56 Å². The van der Waals surface area contributed by atoms with Crippen LogP contribution in [0.3, 0.4) is 0 Å². The van der Waals surface area contributed by atoms with E-state index in [1.807, 2.05) is 23.9 Å². The first kappa shape index (κ1) is 23.1. The van der Waals surface area contributed by atoms with Crippen LogP contribution in [-0.4, -0.2) is 49.4 Å². The number of pyridine rings is 1. The summed E-state index contributed by atoms with van der Waals surface area (Å²) in [5.41, 5.74) is 2.65. The summed E-state index contributed by atoms with van der Waals surface area (Å²) < 4.78 is 3.55. The Morgan fingerprint density at radius 1 is 1.18 bits per heavy atom. The van der Waals surface area contributed by atoms with Gasteiger partial charge in [-0.05, 0) is 57.8 Å². The summed E-state index contributed by atoms with van der Waals surface area (Å²) in [5, 5.41) is 9.28. The molecule has 1 saturated heterocycles. The highest BCUT2D eigenvalue weighted by atomic mass is 35.5. The molecule has 3 aromatic rings. The van der Waals surface area contributed by atoms with E-state index in [1.54, 1.807) is 18.6 Å². The molecule has 0 spiro atoms.